The zero-order chi connectivity index (χ0) is 22.1. The van der Waals surface area contributed by atoms with E-state index in [9.17, 15) is 4.79 Å². The Kier molecular flexibility index (Phi) is 5.33. The molecule has 0 saturated carbocycles. The van der Waals surface area contributed by atoms with Gasteiger partial charge in [0.25, 0.3) is 0 Å². The molecule has 0 amide bonds. The van der Waals surface area contributed by atoms with Crippen molar-refractivity contribution in [2.75, 3.05) is 7.11 Å². The molecule has 0 atom stereocenters. The Bertz CT molecular complexity index is 1300. The molecule has 0 aliphatic carbocycles. The molecule has 0 saturated heterocycles. The summed E-state index contributed by atoms with van der Waals surface area (Å²) < 4.78 is 15.9. The maximum Gasteiger partial charge on any atom is 0.368 e. The summed E-state index contributed by atoms with van der Waals surface area (Å²) in [5, 5.41) is 12.2. The van der Waals surface area contributed by atoms with E-state index in [0.717, 1.165) is 28.1 Å². The Morgan fingerprint density at radius 1 is 1.03 bits per heavy atom. The molecule has 9 heteroatoms. The SMILES string of the molecule is COc1cccc(-n2nnn(C)c2=O)c1COc1ccc(-c2cn(C)nc2C)cc1C. The molecule has 2 aromatic carbocycles. The summed E-state index contributed by atoms with van der Waals surface area (Å²) in [7, 11) is 5.05. The van der Waals surface area contributed by atoms with Crippen molar-refractivity contribution in [3.63, 3.8) is 0 Å². The molecular weight excluding hydrogens is 396 g/mol. The maximum absolute atomic E-state index is 12.4. The molecule has 0 aliphatic rings. The minimum Gasteiger partial charge on any atom is -0.496 e. The largest absolute Gasteiger partial charge is 0.496 e. The Hall–Kier alpha value is -3.88. The van der Waals surface area contributed by atoms with Crippen molar-refractivity contribution < 1.29 is 9.47 Å². The van der Waals surface area contributed by atoms with Crippen LogP contribution in [0.2, 0.25) is 0 Å². The van der Waals surface area contributed by atoms with Crippen LogP contribution in [0.25, 0.3) is 16.8 Å². The lowest BCUT2D eigenvalue weighted by Crippen LogP contribution is -2.23. The van der Waals surface area contributed by atoms with Gasteiger partial charge in [-0.05, 0) is 59.7 Å². The summed E-state index contributed by atoms with van der Waals surface area (Å²) in [6.45, 7) is 4.20. The van der Waals surface area contributed by atoms with Gasteiger partial charge < -0.3 is 9.47 Å². The van der Waals surface area contributed by atoms with Gasteiger partial charge in [0.05, 0.1) is 24.1 Å². The third-order valence-corrected chi connectivity index (χ3v) is 5.15. The van der Waals surface area contributed by atoms with Crippen molar-refractivity contribution in [3.05, 3.63) is 69.9 Å². The van der Waals surface area contributed by atoms with E-state index < -0.39 is 0 Å². The van der Waals surface area contributed by atoms with Gasteiger partial charge in [-0.1, -0.05) is 12.1 Å². The second kappa shape index (κ2) is 8.10. The Balaban J connectivity index is 1.64. The van der Waals surface area contributed by atoms with Gasteiger partial charge in [0, 0.05) is 25.9 Å². The minimum absolute atomic E-state index is 0.203. The van der Waals surface area contributed by atoms with Crippen LogP contribution < -0.4 is 15.2 Å². The fraction of sp³-hybridized carbons (Fsp3) is 0.273. The van der Waals surface area contributed by atoms with Gasteiger partial charge in [-0.2, -0.15) is 14.5 Å². The predicted octanol–water partition coefficient (Wildman–Crippen LogP) is 2.57. The lowest BCUT2D eigenvalue weighted by molar-refractivity contribution is 0.294. The van der Waals surface area contributed by atoms with E-state index in [1.807, 2.05) is 50.0 Å². The Morgan fingerprint density at radius 2 is 1.84 bits per heavy atom. The van der Waals surface area contributed by atoms with Gasteiger partial charge in [-0.25, -0.2) is 4.79 Å². The number of rotatable bonds is 6. The summed E-state index contributed by atoms with van der Waals surface area (Å²) >= 11 is 0. The lowest BCUT2D eigenvalue weighted by atomic mass is 10.0. The molecule has 9 nitrogen and oxygen atoms in total. The first-order valence-corrected chi connectivity index (χ1v) is 9.78. The molecule has 0 spiro atoms. The zero-order valence-electron chi connectivity index (χ0n) is 18.2. The van der Waals surface area contributed by atoms with Crippen LogP contribution >= 0.6 is 0 Å². The van der Waals surface area contributed by atoms with Crippen LogP contribution in [-0.4, -0.2) is 36.7 Å². The molecule has 0 unspecified atom stereocenters. The highest BCUT2D eigenvalue weighted by Gasteiger charge is 2.16. The fourth-order valence-electron chi connectivity index (χ4n) is 3.57. The molecule has 4 aromatic rings. The second-order valence-corrected chi connectivity index (χ2v) is 7.33. The van der Waals surface area contributed by atoms with Crippen molar-refractivity contribution in [2.45, 2.75) is 20.5 Å². The van der Waals surface area contributed by atoms with Crippen LogP contribution in [0.5, 0.6) is 11.5 Å². The van der Waals surface area contributed by atoms with Crippen LogP contribution in [0.15, 0.2) is 47.4 Å². The van der Waals surface area contributed by atoms with Gasteiger partial charge in [0.1, 0.15) is 18.1 Å². The van der Waals surface area contributed by atoms with Gasteiger partial charge in [0.2, 0.25) is 0 Å². The Morgan fingerprint density at radius 3 is 2.45 bits per heavy atom. The van der Waals surface area contributed by atoms with E-state index >= 15 is 0 Å². The van der Waals surface area contributed by atoms with Crippen LogP contribution in [0.1, 0.15) is 16.8 Å². The standard InChI is InChI=1S/C22H24N6O3/c1-14-11-16(17-12-26(3)23-15(17)2)9-10-20(14)31-13-18-19(7-6-8-21(18)30-5)28-22(29)27(4)24-25-28/h6-12H,13H2,1-5H3. The van der Waals surface area contributed by atoms with E-state index in [-0.39, 0.29) is 12.3 Å². The molecule has 0 aliphatic heterocycles. The lowest BCUT2D eigenvalue weighted by Gasteiger charge is -2.15. The monoisotopic (exact) mass is 420 g/mol. The number of benzene rings is 2. The van der Waals surface area contributed by atoms with Crippen molar-refractivity contribution in [3.8, 4) is 28.3 Å². The van der Waals surface area contributed by atoms with Crippen molar-refractivity contribution in [1.82, 2.24) is 29.6 Å². The van der Waals surface area contributed by atoms with Crippen molar-refractivity contribution in [2.24, 2.45) is 14.1 Å². The molecule has 0 N–H and O–H groups in total. The molecule has 31 heavy (non-hydrogen) atoms. The number of hydrogen-bond acceptors (Lipinski definition) is 6. The van der Waals surface area contributed by atoms with Crippen molar-refractivity contribution >= 4 is 0 Å². The van der Waals surface area contributed by atoms with E-state index in [0.29, 0.717) is 17.0 Å². The van der Waals surface area contributed by atoms with Crippen molar-refractivity contribution in [1.29, 1.82) is 0 Å². The van der Waals surface area contributed by atoms with Gasteiger partial charge in [-0.15, -0.1) is 0 Å². The first-order valence-electron chi connectivity index (χ1n) is 9.78. The first-order chi connectivity index (χ1) is 14.9. The molecule has 0 fully saturated rings. The zero-order valence-corrected chi connectivity index (χ0v) is 18.2. The van der Waals surface area contributed by atoms with Gasteiger partial charge in [-0.3, -0.25) is 4.68 Å². The fourth-order valence-corrected chi connectivity index (χ4v) is 3.57. The molecule has 0 radical (unpaired) electrons. The smallest absolute Gasteiger partial charge is 0.368 e. The molecule has 160 valence electrons. The predicted molar refractivity (Wildman–Crippen MR) is 116 cm³/mol. The van der Waals surface area contributed by atoms with Crippen LogP contribution in [0.4, 0.5) is 0 Å². The average Bonchev–Trinajstić information content (AvgIpc) is 3.27. The second-order valence-electron chi connectivity index (χ2n) is 7.33. The highest BCUT2D eigenvalue weighted by atomic mass is 16.5. The van der Waals surface area contributed by atoms with E-state index in [4.69, 9.17) is 9.47 Å². The minimum atomic E-state index is -0.345. The number of aryl methyl sites for hydroxylation is 4. The third kappa shape index (κ3) is 3.81. The Labute approximate surface area is 179 Å². The number of hydrogen-bond donors (Lipinski definition) is 0. The van der Waals surface area contributed by atoms with Gasteiger partial charge >= 0.3 is 5.69 Å². The number of methoxy groups -OCH3 is 1. The summed E-state index contributed by atoms with van der Waals surface area (Å²) in [5.41, 5.74) is 5.07. The number of aromatic nitrogens is 6. The van der Waals surface area contributed by atoms with Crippen LogP contribution in [-0.2, 0) is 20.7 Å². The van der Waals surface area contributed by atoms with Crippen LogP contribution in [0, 0.1) is 13.8 Å². The molecule has 4 rings (SSSR count). The summed E-state index contributed by atoms with van der Waals surface area (Å²) in [6.07, 6.45) is 2.00. The summed E-state index contributed by atoms with van der Waals surface area (Å²) in [4.78, 5) is 12.4. The molecule has 2 heterocycles. The molecular formula is C22H24N6O3. The average molecular weight is 420 g/mol. The topological polar surface area (TPSA) is 89.0 Å². The van der Waals surface area contributed by atoms with E-state index in [1.165, 1.54) is 9.36 Å². The van der Waals surface area contributed by atoms with E-state index in [2.05, 4.69) is 21.6 Å². The quantitative estimate of drug-likeness (QED) is 0.476. The molecule has 2 aromatic heterocycles. The highest BCUT2D eigenvalue weighted by Crippen LogP contribution is 2.30. The highest BCUT2D eigenvalue weighted by molar-refractivity contribution is 5.67. The number of tetrazole rings is 1. The molecule has 0 bridgehead atoms. The summed E-state index contributed by atoms with van der Waals surface area (Å²) in [6, 6.07) is 11.5. The number of ether oxygens (including phenoxy) is 2. The maximum atomic E-state index is 12.4. The third-order valence-electron chi connectivity index (χ3n) is 5.15. The first kappa shape index (κ1) is 20.4. The van der Waals surface area contributed by atoms with Crippen LogP contribution in [0.3, 0.4) is 0 Å². The van der Waals surface area contributed by atoms with E-state index in [1.54, 1.807) is 26.3 Å². The summed E-state index contributed by atoms with van der Waals surface area (Å²) in [5.74, 6) is 1.35. The number of nitrogens with zero attached hydrogens (tertiary/aromatic N) is 6. The normalized spacial score (nSPS) is 11.0. The van der Waals surface area contributed by atoms with Gasteiger partial charge in [0.15, 0.2) is 0 Å².